The molecule has 18 heavy (non-hydrogen) atoms. The van der Waals surface area contributed by atoms with Crippen molar-refractivity contribution >= 4 is 11.9 Å². The largest absolute Gasteiger partial charge is 0.339 e. The predicted molar refractivity (Wildman–Crippen MR) is 67.1 cm³/mol. The Morgan fingerprint density at radius 1 is 1.39 bits per heavy atom. The van der Waals surface area contributed by atoms with Crippen LogP contribution in [0.4, 0.5) is 5.95 Å². The summed E-state index contributed by atoms with van der Waals surface area (Å²) in [6.07, 6.45) is 2.55. The van der Waals surface area contributed by atoms with Gasteiger partial charge in [-0.2, -0.15) is 10.1 Å². The average molecular weight is 249 g/mol. The highest BCUT2D eigenvalue weighted by molar-refractivity contribution is 5.82. The van der Waals surface area contributed by atoms with E-state index in [-0.39, 0.29) is 11.3 Å². The molecule has 1 saturated carbocycles. The summed E-state index contributed by atoms with van der Waals surface area (Å²) in [4.78, 5) is 20.5. The molecular formula is C12H19N5O. The van der Waals surface area contributed by atoms with Gasteiger partial charge >= 0.3 is 0 Å². The maximum absolute atomic E-state index is 12.2. The van der Waals surface area contributed by atoms with Gasteiger partial charge in [0.1, 0.15) is 6.33 Å². The molecule has 0 spiro atoms. The second kappa shape index (κ2) is 3.96. The van der Waals surface area contributed by atoms with Gasteiger partial charge in [-0.15, -0.1) is 0 Å². The monoisotopic (exact) mass is 249 g/mol. The van der Waals surface area contributed by atoms with Crippen molar-refractivity contribution < 1.29 is 4.79 Å². The van der Waals surface area contributed by atoms with E-state index in [4.69, 9.17) is 0 Å². The number of rotatable bonds is 2. The molecule has 2 heterocycles. The Hall–Kier alpha value is -1.59. The van der Waals surface area contributed by atoms with Crippen LogP contribution >= 0.6 is 0 Å². The lowest BCUT2D eigenvalue weighted by Gasteiger charge is -2.34. The lowest BCUT2D eigenvalue weighted by Crippen LogP contribution is -2.49. The van der Waals surface area contributed by atoms with Crippen LogP contribution in [0.15, 0.2) is 6.33 Å². The summed E-state index contributed by atoms with van der Waals surface area (Å²) in [5, 5.41) is 6.71. The Kier molecular flexibility index (Phi) is 2.53. The molecule has 3 rings (SSSR count). The summed E-state index contributed by atoms with van der Waals surface area (Å²) in [6.45, 7) is 7.56. The molecule has 1 saturated heterocycles. The third-order valence-electron chi connectivity index (χ3n) is 4.10. The van der Waals surface area contributed by atoms with E-state index in [9.17, 15) is 4.79 Å². The third-order valence-corrected chi connectivity index (χ3v) is 4.10. The van der Waals surface area contributed by atoms with Crippen LogP contribution in [0.25, 0.3) is 0 Å². The van der Waals surface area contributed by atoms with E-state index in [0.29, 0.717) is 5.91 Å². The van der Waals surface area contributed by atoms with E-state index in [0.717, 1.165) is 38.5 Å². The van der Waals surface area contributed by atoms with Gasteiger partial charge in [0.2, 0.25) is 11.9 Å². The Bertz CT molecular complexity index is 433. The van der Waals surface area contributed by atoms with Crippen LogP contribution in [-0.4, -0.2) is 52.2 Å². The van der Waals surface area contributed by atoms with E-state index < -0.39 is 0 Å². The van der Waals surface area contributed by atoms with Crippen LogP contribution in [0.5, 0.6) is 0 Å². The average Bonchev–Trinajstić information content (AvgIpc) is 2.82. The highest BCUT2D eigenvalue weighted by Crippen LogP contribution is 2.52. The zero-order valence-corrected chi connectivity index (χ0v) is 10.9. The zero-order chi connectivity index (χ0) is 12.8. The maximum atomic E-state index is 12.2. The summed E-state index contributed by atoms with van der Waals surface area (Å²) in [7, 11) is 0. The topological polar surface area (TPSA) is 65.1 Å². The normalized spacial score (nSPS) is 26.2. The summed E-state index contributed by atoms with van der Waals surface area (Å²) < 4.78 is 0. The van der Waals surface area contributed by atoms with Gasteiger partial charge in [0.25, 0.3) is 0 Å². The predicted octanol–water partition coefficient (Wildman–Crippen LogP) is 0.499. The Balaban J connectivity index is 1.56. The summed E-state index contributed by atoms with van der Waals surface area (Å²) >= 11 is 0. The first-order valence-corrected chi connectivity index (χ1v) is 6.47. The van der Waals surface area contributed by atoms with Crippen LogP contribution in [-0.2, 0) is 4.79 Å². The van der Waals surface area contributed by atoms with Crippen molar-refractivity contribution in [2.75, 3.05) is 31.1 Å². The molecule has 0 radical (unpaired) electrons. The molecule has 1 aromatic rings. The van der Waals surface area contributed by atoms with E-state index >= 15 is 0 Å². The Morgan fingerprint density at radius 3 is 2.56 bits per heavy atom. The van der Waals surface area contributed by atoms with Gasteiger partial charge in [-0.05, 0) is 11.8 Å². The molecule has 2 aliphatic rings. The van der Waals surface area contributed by atoms with Crippen molar-refractivity contribution in [3.05, 3.63) is 6.33 Å². The second-order valence-electron chi connectivity index (χ2n) is 5.87. The summed E-state index contributed by atoms with van der Waals surface area (Å²) in [6, 6.07) is 0. The minimum Gasteiger partial charge on any atom is -0.339 e. The number of aromatic nitrogens is 3. The number of H-pyrrole nitrogens is 1. The highest BCUT2D eigenvalue weighted by atomic mass is 16.2. The first-order valence-electron chi connectivity index (χ1n) is 6.47. The van der Waals surface area contributed by atoms with E-state index in [2.05, 4.69) is 33.9 Å². The molecule has 98 valence electrons. The Labute approximate surface area is 106 Å². The van der Waals surface area contributed by atoms with Crippen molar-refractivity contribution in [3.8, 4) is 0 Å². The van der Waals surface area contributed by atoms with Crippen LogP contribution in [0.2, 0.25) is 0 Å². The first-order chi connectivity index (χ1) is 8.58. The number of carbonyl (C=O) groups excluding carboxylic acids is 1. The van der Waals surface area contributed by atoms with Gasteiger partial charge in [0.05, 0.1) is 0 Å². The molecule has 1 amide bonds. The second-order valence-corrected chi connectivity index (χ2v) is 5.87. The van der Waals surface area contributed by atoms with Gasteiger partial charge in [-0.1, -0.05) is 13.8 Å². The van der Waals surface area contributed by atoms with Gasteiger partial charge in [0.15, 0.2) is 0 Å². The highest BCUT2D eigenvalue weighted by Gasteiger charge is 2.52. The SMILES string of the molecule is CC1(C)C[C@@H]1C(=O)N1CCN(c2ncn[nH]2)CC1. The molecule has 1 aliphatic carbocycles. The number of aromatic amines is 1. The Morgan fingerprint density at radius 2 is 2.06 bits per heavy atom. The molecule has 1 aromatic heterocycles. The van der Waals surface area contributed by atoms with E-state index in [1.807, 2.05) is 4.90 Å². The molecule has 0 aromatic carbocycles. The zero-order valence-electron chi connectivity index (χ0n) is 10.9. The number of amides is 1. The molecule has 2 fully saturated rings. The fourth-order valence-corrected chi connectivity index (χ4v) is 2.60. The number of nitrogens with zero attached hydrogens (tertiary/aromatic N) is 4. The van der Waals surface area contributed by atoms with Crippen molar-refractivity contribution in [1.82, 2.24) is 20.1 Å². The van der Waals surface area contributed by atoms with Crippen LogP contribution in [0.3, 0.4) is 0 Å². The van der Waals surface area contributed by atoms with Gasteiger partial charge in [-0.25, -0.2) is 5.10 Å². The molecule has 0 unspecified atom stereocenters. The van der Waals surface area contributed by atoms with Crippen LogP contribution in [0, 0.1) is 11.3 Å². The quantitative estimate of drug-likeness (QED) is 0.829. The molecule has 1 N–H and O–H groups in total. The number of hydrogen-bond acceptors (Lipinski definition) is 4. The molecule has 6 heteroatoms. The fourth-order valence-electron chi connectivity index (χ4n) is 2.60. The maximum Gasteiger partial charge on any atom is 0.226 e. The standard InChI is InChI=1S/C12H19N5O/c1-12(2)7-9(12)10(18)16-3-5-17(6-4-16)11-13-8-14-15-11/h8-9H,3-7H2,1-2H3,(H,13,14,15)/t9-/m1/s1. The minimum atomic E-state index is 0.221. The summed E-state index contributed by atoms with van der Waals surface area (Å²) in [5.74, 6) is 1.38. The number of carbonyl (C=O) groups is 1. The molecule has 1 atom stereocenters. The van der Waals surface area contributed by atoms with Gasteiger partial charge < -0.3 is 9.80 Å². The first kappa shape index (κ1) is 11.5. The lowest BCUT2D eigenvalue weighted by molar-refractivity contribution is -0.133. The molecule has 1 aliphatic heterocycles. The molecule has 6 nitrogen and oxygen atoms in total. The number of piperazine rings is 1. The van der Waals surface area contributed by atoms with Crippen LogP contribution < -0.4 is 4.90 Å². The van der Waals surface area contributed by atoms with Crippen molar-refractivity contribution in [2.24, 2.45) is 11.3 Å². The van der Waals surface area contributed by atoms with Crippen LogP contribution in [0.1, 0.15) is 20.3 Å². The number of nitrogens with one attached hydrogen (secondary N) is 1. The summed E-state index contributed by atoms with van der Waals surface area (Å²) in [5.41, 5.74) is 0.221. The third kappa shape index (κ3) is 1.95. The smallest absolute Gasteiger partial charge is 0.226 e. The van der Waals surface area contributed by atoms with E-state index in [1.54, 1.807) is 0 Å². The minimum absolute atomic E-state index is 0.221. The van der Waals surface area contributed by atoms with Gasteiger partial charge in [-0.3, -0.25) is 4.79 Å². The lowest BCUT2D eigenvalue weighted by atomic mass is 10.1. The number of anilines is 1. The molecule has 0 bridgehead atoms. The molecular weight excluding hydrogens is 230 g/mol. The van der Waals surface area contributed by atoms with Crippen molar-refractivity contribution in [1.29, 1.82) is 0 Å². The van der Waals surface area contributed by atoms with Crippen molar-refractivity contribution in [2.45, 2.75) is 20.3 Å². The number of hydrogen-bond donors (Lipinski definition) is 1. The van der Waals surface area contributed by atoms with E-state index in [1.165, 1.54) is 6.33 Å². The van der Waals surface area contributed by atoms with Crippen molar-refractivity contribution in [3.63, 3.8) is 0 Å². The fraction of sp³-hybridized carbons (Fsp3) is 0.750. The van der Waals surface area contributed by atoms with Gasteiger partial charge in [0, 0.05) is 32.1 Å².